The van der Waals surface area contributed by atoms with Crippen molar-refractivity contribution in [1.29, 1.82) is 0 Å². The highest BCUT2D eigenvalue weighted by Crippen LogP contribution is 2.13. The topological polar surface area (TPSA) is 55.1 Å². The molecule has 0 aliphatic carbocycles. The highest BCUT2D eigenvalue weighted by molar-refractivity contribution is 9.10. The number of halogens is 1. The zero-order valence-corrected chi connectivity index (χ0v) is 10.1. The molecule has 16 heavy (non-hydrogen) atoms. The van der Waals surface area contributed by atoms with Gasteiger partial charge in [0.2, 0.25) is 0 Å². The van der Waals surface area contributed by atoms with Crippen molar-refractivity contribution in [3.05, 3.63) is 46.6 Å². The molecular formula is C11H9BrN2O2. The second-order valence-electron chi connectivity index (χ2n) is 3.23. The summed E-state index contributed by atoms with van der Waals surface area (Å²) in [4.78, 5) is 15.7. The Bertz CT molecular complexity index is 505. The summed E-state index contributed by atoms with van der Waals surface area (Å²) in [6, 6.07) is 6.89. The molecule has 0 aliphatic rings. The van der Waals surface area contributed by atoms with E-state index in [9.17, 15) is 4.79 Å². The lowest BCUT2D eigenvalue weighted by Gasteiger charge is -2.01. The number of amides is 1. The van der Waals surface area contributed by atoms with Gasteiger partial charge in [-0.3, -0.25) is 4.79 Å². The number of anilines is 1. The largest absolute Gasteiger partial charge is 0.456 e. The lowest BCUT2D eigenvalue weighted by atomic mass is 10.3. The van der Waals surface area contributed by atoms with Gasteiger partial charge in [-0.2, -0.15) is 0 Å². The van der Waals surface area contributed by atoms with E-state index in [1.807, 2.05) is 0 Å². The van der Waals surface area contributed by atoms with Crippen LogP contribution in [0.2, 0.25) is 0 Å². The number of nitrogens with one attached hydrogen (secondary N) is 1. The van der Waals surface area contributed by atoms with E-state index >= 15 is 0 Å². The Balaban J connectivity index is 2.10. The van der Waals surface area contributed by atoms with Crippen molar-refractivity contribution in [2.24, 2.45) is 0 Å². The Kier molecular flexibility index (Phi) is 3.05. The van der Waals surface area contributed by atoms with Gasteiger partial charge in [-0.05, 0) is 47.1 Å². The molecule has 0 aliphatic heterocycles. The van der Waals surface area contributed by atoms with Gasteiger partial charge in [0.05, 0.1) is 11.9 Å². The molecule has 0 saturated heterocycles. The summed E-state index contributed by atoms with van der Waals surface area (Å²) >= 11 is 3.22. The van der Waals surface area contributed by atoms with Gasteiger partial charge in [-0.25, -0.2) is 4.98 Å². The standard InChI is InChI=1S/C11H9BrN2O2/c1-7-2-4-9(16-7)11(15)14-8-3-5-10(12)13-6-8/h2-6H,1H3,(H,14,15). The van der Waals surface area contributed by atoms with Crippen molar-refractivity contribution in [2.75, 3.05) is 5.32 Å². The lowest BCUT2D eigenvalue weighted by Crippen LogP contribution is -2.10. The number of rotatable bonds is 2. The molecule has 0 fully saturated rings. The molecule has 0 aromatic carbocycles. The van der Waals surface area contributed by atoms with E-state index in [0.29, 0.717) is 17.2 Å². The molecule has 82 valence electrons. The van der Waals surface area contributed by atoms with Crippen molar-refractivity contribution in [2.45, 2.75) is 6.92 Å². The minimum absolute atomic E-state index is 0.280. The molecule has 2 heterocycles. The smallest absolute Gasteiger partial charge is 0.291 e. The van der Waals surface area contributed by atoms with Gasteiger partial charge in [0.15, 0.2) is 5.76 Å². The molecule has 0 unspecified atom stereocenters. The number of furan rings is 1. The molecule has 2 aromatic heterocycles. The fourth-order valence-corrected chi connectivity index (χ4v) is 1.43. The van der Waals surface area contributed by atoms with Crippen LogP contribution in [0, 0.1) is 6.92 Å². The summed E-state index contributed by atoms with van der Waals surface area (Å²) in [5.74, 6) is 0.719. The quantitative estimate of drug-likeness (QED) is 0.861. The molecule has 0 radical (unpaired) electrons. The third-order valence-corrected chi connectivity index (χ3v) is 2.42. The van der Waals surface area contributed by atoms with Crippen molar-refractivity contribution >= 4 is 27.5 Å². The van der Waals surface area contributed by atoms with Crippen LogP contribution in [0.3, 0.4) is 0 Å². The van der Waals surface area contributed by atoms with Crippen molar-refractivity contribution in [3.8, 4) is 0 Å². The first-order valence-corrected chi connectivity index (χ1v) is 5.44. The van der Waals surface area contributed by atoms with E-state index in [1.165, 1.54) is 0 Å². The monoisotopic (exact) mass is 280 g/mol. The molecule has 2 aromatic rings. The second kappa shape index (κ2) is 4.49. The third-order valence-electron chi connectivity index (χ3n) is 1.95. The summed E-state index contributed by atoms with van der Waals surface area (Å²) in [6.45, 7) is 1.79. The van der Waals surface area contributed by atoms with Crippen LogP contribution >= 0.6 is 15.9 Å². The maximum absolute atomic E-state index is 11.7. The van der Waals surface area contributed by atoms with Crippen LogP contribution in [0.5, 0.6) is 0 Å². The number of aryl methyl sites for hydroxylation is 1. The van der Waals surface area contributed by atoms with Gasteiger partial charge in [0.25, 0.3) is 5.91 Å². The molecule has 4 nitrogen and oxygen atoms in total. The van der Waals surface area contributed by atoms with Crippen LogP contribution in [0.25, 0.3) is 0 Å². The molecule has 0 bridgehead atoms. The van der Waals surface area contributed by atoms with E-state index in [0.717, 1.165) is 4.60 Å². The van der Waals surface area contributed by atoms with Crippen LogP contribution in [-0.4, -0.2) is 10.9 Å². The number of hydrogen-bond acceptors (Lipinski definition) is 3. The van der Waals surface area contributed by atoms with E-state index in [2.05, 4.69) is 26.2 Å². The Morgan fingerprint density at radius 1 is 1.38 bits per heavy atom. The predicted molar refractivity (Wildman–Crippen MR) is 63.3 cm³/mol. The SMILES string of the molecule is Cc1ccc(C(=O)Nc2ccc(Br)nc2)o1. The first-order valence-electron chi connectivity index (χ1n) is 4.64. The predicted octanol–water partition coefficient (Wildman–Crippen LogP) is 3.00. The number of pyridine rings is 1. The van der Waals surface area contributed by atoms with Gasteiger partial charge >= 0.3 is 0 Å². The average Bonchev–Trinajstić information content (AvgIpc) is 2.68. The molecule has 0 atom stereocenters. The number of carbonyl (C=O) groups excluding carboxylic acids is 1. The number of nitrogens with zero attached hydrogens (tertiary/aromatic N) is 1. The van der Waals surface area contributed by atoms with Crippen LogP contribution in [0.15, 0.2) is 39.5 Å². The van der Waals surface area contributed by atoms with E-state index in [-0.39, 0.29) is 5.91 Å². The number of carbonyl (C=O) groups is 1. The minimum atomic E-state index is -0.280. The first-order chi connectivity index (χ1) is 7.65. The maximum Gasteiger partial charge on any atom is 0.291 e. The van der Waals surface area contributed by atoms with E-state index in [4.69, 9.17) is 4.42 Å². The molecule has 2 rings (SSSR count). The Labute approximate surface area is 101 Å². The van der Waals surface area contributed by atoms with Gasteiger partial charge in [-0.15, -0.1) is 0 Å². The molecule has 0 saturated carbocycles. The van der Waals surface area contributed by atoms with Gasteiger partial charge in [-0.1, -0.05) is 0 Å². The van der Waals surface area contributed by atoms with Gasteiger partial charge in [0, 0.05) is 0 Å². The number of aromatic nitrogens is 1. The van der Waals surface area contributed by atoms with Crippen molar-refractivity contribution in [3.63, 3.8) is 0 Å². The molecule has 5 heteroatoms. The maximum atomic E-state index is 11.7. The summed E-state index contributed by atoms with van der Waals surface area (Å²) < 4.78 is 5.92. The fourth-order valence-electron chi connectivity index (χ4n) is 1.20. The Morgan fingerprint density at radius 2 is 2.19 bits per heavy atom. The molecular weight excluding hydrogens is 272 g/mol. The molecule has 1 N–H and O–H groups in total. The second-order valence-corrected chi connectivity index (χ2v) is 4.05. The molecule has 1 amide bonds. The highest BCUT2D eigenvalue weighted by atomic mass is 79.9. The van der Waals surface area contributed by atoms with Crippen LogP contribution in [0.4, 0.5) is 5.69 Å². The van der Waals surface area contributed by atoms with E-state index < -0.39 is 0 Å². The van der Waals surface area contributed by atoms with Crippen LogP contribution in [-0.2, 0) is 0 Å². The van der Waals surface area contributed by atoms with Crippen molar-refractivity contribution in [1.82, 2.24) is 4.98 Å². The van der Waals surface area contributed by atoms with Crippen molar-refractivity contribution < 1.29 is 9.21 Å². The minimum Gasteiger partial charge on any atom is -0.456 e. The average molecular weight is 281 g/mol. The first kappa shape index (κ1) is 10.9. The fraction of sp³-hybridized carbons (Fsp3) is 0.0909. The zero-order chi connectivity index (χ0) is 11.5. The Morgan fingerprint density at radius 3 is 2.75 bits per heavy atom. The summed E-state index contributed by atoms with van der Waals surface area (Å²) in [6.07, 6.45) is 1.57. The van der Waals surface area contributed by atoms with Crippen LogP contribution < -0.4 is 5.32 Å². The summed E-state index contributed by atoms with van der Waals surface area (Å²) in [5.41, 5.74) is 0.627. The van der Waals surface area contributed by atoms with Crippen LogP contribution in [0.1, 0.15) is 16.3 Å². The zero-order valence-electron chi connectivity index (χ0n) is 8.53. The summed E-state index contributed by atoms with van der Waals surface area (Å²) in [7, 11) is 0. The highest BCUT2D eigenvalue weighted by Gasteiger charge is 2.09. The summed E-state index contributed by atoms with van der Waals surface area (Å²) in [5, 5.41) is 2.68. The lowest BCUT2D eigenvalue weighted by molar-refractivity contribution is 0.0995. The number of hydrogen-bond donors (Lipinski definition) is 1. The van der Waals surface area contributed by atoms with Gasteiger partial charge in [0.1, 0.15) is 10.4 Å². The van der Waals surface area contributed by atoms with Gasteiger partial charge < -0.3 is 9.73 Å². The third kappa shape index (κ3) is 2.49. The normalized spacial score (nSPS) is 10.1. The Hall–Kier alpha value is -1.62. The molecule has 0 spiro atoms. The van der Waals surface area contributed by atoms with E-state index in [1.54, 1.807) is 37.4 Å².